The Kier molecular flexibility index (Phi) is 6.27. The molecule has 0 bridgehead atoms. The molecule has 2 atom stereocenters. The fourth-order valence-corrected chi connectivity index (χ4v) is 2.25. The van der Waals surface area contributed by atoms with E-state index in [9.17, 15) is 0 Å². The summed E-state index contributed by atoms with van der Waals surface area (Å²) in [4.78, 5) is 0. The van der Waals surface area contributed by atoms with Crippen molar-refractivity contribution in [2.45, 2.75) is 79.0 Å². The van der Waals surface area contributed by atoms with E-state index in [1.54, 1.807) is 0 Å². The molecule has 0 spiro atoms. The SMILES string of the molecule is CC(Nc1ccc(NC(C)OC(C)(C)C)cc1)OC(C)(C)C. The van der Waals surface area contributed by atoms with Gasteiger partial charge in [0.25, 0.3) is 0 Å². The Labute approximate surface area is 135 Å². The molecule has 1 rings (SSSR count). The van der Waals surface area contributed by atoms with Crippen LogP contribution in [0.25, 0.3) is 0 Å². The van der Waals surface area contributed by atoms with Crippen LogP contribution in [0.1, 0.15) is 55.4 Å². The molecule has 0 aliphatic carbocycles. The van der Waals surface area contributed by atoms with Crippen LogP contribution in [-0.2, 0) is 9.47 Å². The highest BCUT2D eigenvalue weighted by Gasteiger charge is 2.16. The van der Waals surface area contributed by atoms with Crippen molar-refractivity contribution in [3.63, 3.8) is 0 Å². The smallest absolute Gasteiger partial charge is 0.125 e. The lowest BCUT2D eigenvalue weighted by Gasteiger charge is -2.27. The third-order valence-electron chi connectivity index (χ3n) is 2.69. The van der Waals surface area contributed by atoms with Gasteiger partial charge in [-0.3, -0.25) is 0 Å². The van der Waals surface area contributed by atoms with Crippen LogP contribution in [0.2, 0.25) is 0 Å². The Morgan fingerprint density at radius 1 is 0.682 bits per heavy atom. The number of anilines is 2. The van der Waals surface area contributed by atoms with Gasteiger partial charge in [-0.2, -0.15) is 0 Å². The molecule has 0 saturated heterocycles. The van der Waals surface area contributed by atoms with Crippen molar-refractivity contribution < 1.29 is 9.47 Å². The number of nitrogens with one attached hydrogen (secondary N) is 2. The fraction of sp³-hybridized carbons (Fsp3) is 0.667. The molecule has 1 aromatic rings. The van der Waals surface area contributed by atoms with Crippen molar-refractivity contribution >= 4 is 11.4 Å². The topological polar surface area (TPSA) is 42.5 Å². The molecule has 4 heteroatoms. The Hall–Kier alpha value is -1.26. The number of benzene rings is 1. The fourth-order valence-electron chi connectivity index (χ4n) is 2.25. The lowest BCUT2D eigenvalue weighted by atomic mass is 10.2. The van der Waals surface area contributed by atoms with E-state index < -0.39 is 0 Å². The molecular formula is C18H32N2O2. The minimum atomic E-state index is -0.159. The largest absolute Gasteiger partial charge is 0.360 e. The second-order valence-corrected chi connectivity index (χ2v) is 7.61. The molecule has 2 N–H and O–H groups in total. The lowest BCUT2D eigenvalue weighted by molar-refractivity contribution is -0.0389. The van der Waals surface area contributed by atoms with E-state index in [1.807, 2.05) is 38.1 Å². The summed E-state index contributed by atoms with van der Waals surface area (Å²) in [5, 5.41) is 6.67. The molecule has 0 heterocycles. The Bertz CT molecular complexity index is 401. The maximum atomic E-state index is 5.84. The van der Waals surface area contributed by atoms with E-state index in [1.165, 1.54) is 0 Å². The normalized spacial score (nSPS) is 15.3. The standard InChI is InChI=1S/C18H32N2O2/c1-13(21-17(3,4)5)19-15-9-11-16(12-10-15)20-14(2)22-18(6,7)8/h9-14,19-20H,1-8H3. The lowest BCUT2D eigenvalue weighted by Crippen LogP contribution is -2.31. The summed E-state index contributed by atoms with van der Waals surface area (Å²) in [7, 11) is 0. The Morgan fingerprint density at radius 2 is 0.955 bits per heavy atom. The van der Waals surface area contributed by atoms with E-state index in [-0.39, 0.29) is 23.7 Å². The first kappa shape index (κ1) is 18.8. The monoisotopic (exact) mass is 308 g/mol. The number of hydrogen-bond acceptors (Lipinski definition) is 4. The van der Waals surface area contributed by atoms with Gasteiger partial charge in [-0.05, 0) is 79.7 Å². The van der Waals surface area contributed by atoms with Gasteiger partial charge in [0.15, 0.2) is 0 Å². The average molecular weight is 308 g/mol. The van der Waals surface area contributed by atoms with Gasteiger partial charge < -0.3 is 20.1 Å². The third-order valence-corrected chi connectivity index (χ3v) is 2.69. The zero-order valence-corrected chi connectivity index (χ0v) is 15.3. The summed E-state index contributed by atoms with van der Waals surface area (Å²) in [6, 6.07) is 8.15. The van der Waals surface area contributed by atoms with Gasteiger partial charge in [-0.25, -0.2) is 0 Å². The van der Waals surface area contributed by atoms with Gasteiger partial charge in [0.2, 0.25) is 0 Å². The van der Waals surface area contributed by atoms with Crippen LogP contribution in [0.15, 0.2) is 24.3 Å². The van der Waals surface area contributed by atoms with Crippen LogP contribution in [-0.4, -0.2) is 23.7 Å². The van der Waals surface area contributed by atoms with E-state index in [0.29, 0.717) is 0 Å². The molecular weight excluding hydrogens is 276 g/mol. The molecule has 0 radical (unpaired) electrons. The van der Waals surface area contributed by atoms with E-state index >= 15 is 0 Å². The second kappa shape index (κ2) is 7.34. The summed E-state index contributed by atoms with van der Waals surface area (Å²) >= 11 is 0. The van der Waals surface area contributed by atoms with E-state index in [4.69, 9.17) is 9.47 Å². The van der Waals surface area contributed by atoms with Crippen LogP contribution < -0.4 is 10.6 Å². The van der Waals surface area contributed by atoms with Gasteiger partial charge in [0, 0.05) is 11.4 Å². The van der Waals surface area contributed by atoms with Crippen molar-refractivity contribution in [3.05, 3.63) is 24.3 Å². The van der Waals surface area contributed by atoms with Gasteiger partial charge in [-0.1, -0.05) is 0 Å². The van der Waals surface area contributed by atoms with Crippen molar-refractivity contribution in [2.24, 2.45) is 0 Å². The minimum absolute atomic E-state index is 0.0399. The van der Waals surface area contributed by atoms with Gasteiger partial charge in [-0.15, -0.1) is 0 Å². The highest BCUT2D eigenvalue weighted by atomic mass is 16.5. The zero-order valence-electron chi connectivity index (χ0n) is 15.3. The molecule has 4 nitrogen and oxygen atoms in total. The molecule has 0 aliphatic rings. The average Bonchev–Trinajstić information content (AvgIpc) is 2.26. The summed E-state index contributed by atoms with van der Waals surface area (Å²) in [5.74, 6) is 0. The zero-order chi connectivity index (χ0) is 17.0. The third kappa shape index (κ3) is 8.25. The summed E-state index contributed by atoms with van der Waals surface area (Å²) in [6.07, 6.45) is -0.0797. The molecule has 1 aromatic carbocycles. The summed E-state index contributed by atoms with van der Waals surface area (Å²) in [5.41, 5.74) is 1.75. The molecule has 22 heavy (non-hydrogen) atoms. The molecule has 0 amide bonds. The predicted molar refractivity (Wildman–Crippen MR) is 94.3 cm³/mol. The predicted octanol–water partition coefficient (Wildman–Crippen LogP) is 4.83. The molecule has 0 fully saturated rings. The molecule has 2 unspecified atom stereocenters. The van der Waals surface area contributed by atoms with Crippen molar-refractivity contribution in [3.8, 4) is 0 Å². The van der Waals surface area contributed by atoms with Gasteiger partial charge >= 0.3 is 0 Å². The molecule has 126 valence electrons. The van der Waals surface area contributed by atoms with E-state index in [2.05, 4.69) is 52.2 Å². The van der Waals surface area contributed by atoms with Gasteiger partial charge in [0.05, 0.1) is 11.2 Å². The van der Waals surface area contributed by atoms with Gasteiger partial charge in [0.1, 0.15) is 12.5 Å². The molecule has 0 aliphatic heterocycles. The summed E-state index contributed by atoms with van der Waals surface area (Å²) < 4.78 is 11.7. The Morgan fingerprint density at radius 3 is 1.18 bits per heavy atom. The number of rotatable bonds is 6. The molecule has 0 saturated carbocycles. The van der Waals surface area contributed by atoms with Crippen molar-refractivity contribution in [1.29, 1.82) is 0 Å². The first-order chi connectivity index (χ1) is 9.94. The van der Waals surface area contributed by atoms with Crippen LogP contribution in [0, 0.1) is 0 Å². The maximum Gasteiger partial charge on any atom is 0.125 e. The highest BCUT2D eigenvalue weighted by molar-refractivity contribution is 5.53. The minimum Gasteiger partial charge on any atom is -0.360 e. The maximum absolute atomic E-state index is 5.84. The molecule has 0 aromatic heterocycles. The Balaban J connectivity index is 2.53. The van der Waals surface area contributed by atoms with Crippen molar-refractivity contribution in [2.75, 3.05) is 10.6 Å². The van der Waals surface area contributed by atoms with Crippen molar-refractivity contribution in [1.82, 2.24) is 0 Å². The van der Waals surface area contributed by atoms with Crippen LogP contribution in [0.5, 0.6) is 0 Å². The number of ether oxygens (including phenoxy) is 2. The number of hydrogen-bond donors (Lipinski definition) is 2. The van der Waals surface area contributed by atoms with E-state index in [0.717, 1.165) is 11.4 Å². The first-order valence-electron chi connectivity index (χ1n) is 7.93. The first-order valence-corrected chi connectivity index (χ1v) is 7.93. The van der Waals surface area contributed by atoms with Crippen LogP contribution in [0.4, 0.5) is 11.4 Å². The van der Waals surface area contributed by atoms with Crippen LogP contribution >= 0.6 is 0 Å². The van der Waals surface area contributed by atoms with Crippen LogP contribution in [0.3, 0.4) is 0 Å². The second-order valence-electron chi connectivity index (χ2n) is 7.61. The highest BCUT2D eigenvalue weighted by Crippen LogP contribution is 2.19. The summed E-state index contributed by atoms with van der Waals surface area (Å²) in [6.45, 7) is 16.3. The quantitative estimate of drug-likeness (QED) is 0.738.